The Kier molecular flexibility index (Phi) is 3.40. The van der Waals surface area contributed by atoms with E-state index in [0.29, 0.717) is 11.8 Å². The second-order valence-corrected chi connectivity index (χ2v) is 8.30. The van der Waals surface area contributed by atoms with Crippen molar-refractivity contribution in [1.29, 1.82) is 0 Å². The van der Waals surface area contributed by atoms with Crippen LogP contribution in [0.1, 0.15) is 38.7 Å². The van der Waals surface area contributed by atoms with Crippen molar-refractivity contribution >= 4 is 40.0 Å². The van der Waals surface area contributed by atoms with Gasteiger partial charge in [-0.1, -0.05) is 36.4 Å². The van der Waals surface area contributed by atoms with E-state index in [0.717, 1.165) is 35.4 Å². The monoisotopic (exact) mass is 349 g/mol. The molecule has 0 amide bonds. The molecule has 1 unspecified atom stereocenters. The Morgan fingerprint density at radius 2 is 2.22 bits per heavy atom. The van der Waals surface area contributed by atoms with Crippen molar-refractivity contribution in [3.63, 3.8) is 0 Å². The largest absolute Gasteiger partial charge is 0.306 e. The Labute approximate surface area is 143 Å². The van der Waals surface area contributed by atoms with Crippen LogP contribution in [-0.4, -0.2) is 9.31 Å². The van der Waals surface area contributed by atoms with Crippen LogP contribution in [0.2, 0.25) is 5.02 Å². The summed E-state index contributed by atoms with van der Waals surface area (Å²) in [5.74, 6) is -0.537. The fourth-order valence-corrected chi connectivity index (χ4v) is 5.49. The number of halogens is 2. The van der Waals surface area contributed by atoms with Gasteiger partial charge in [0.1, 0.15) is 5.82 Å². The van der Waals surface area contributed by atoms with Gasteiger partial charge in [-0.15, -0.1) is 0 Å². The molecule has 0 radical (unpaired) electrons. The number of thioether (sulfide) groups is 1. The Bertz CT molecular complexity index is 933. The van der Waals surface area contributed by atoms with Crippen LogP contribution < -0.4 is 5.43 Å². The first-order chi connectivity index (χ1) is 11.0. The van der Waals surface area contributed by atoms with Gasteiger partial charge in [-0.25, -0.2) is 4.39 Å². The molecular weight excluding hydrogens is 333 g/mol. The Morgan fingerprint density at radius 3 is 2.96 bits per heavy atom. The van der Waals surface area contributed by atoms with E-state index >= 15 is 0 Å². The summed E-state index contributed by atoms with van der Waals surface area (Å²) in [6.07, 6.45) is 6.17. The van der Waals surface area contributed by atoms with Crippen molar-refractivity contribution in [2.45, 2.75) is 49.3 Å². The molecule has 2 nitrogen and oxygen atoms in total. The van der Waals surface area contributed by atoms with E-state index in [1.807, 2.05) is 6.92 Å². The number of allylic oxidation sites excluding steroid dienone is 1. The predicted octanol–water partition coefficient (Wildman–Crippen LogP) is 5.25. The molecule has 1 aromatic carbocycles. The maximum absolute atomic E-state index is 13.9. The van der Waals surface area contributed by atoms with E-state index in [9.17, 15) is 9.18 Å². The molecule has 23 heavy (non-hydrogen) atoms. The van der Waals surface area contributed by atoms with Gasteiger partial charge in [0.2, 0.25) is 0 Å². The van der Waals surface area contributed by atoms with Gasteiger partial charge >= 0.3 is 0 Å². The van der Waals surface area contributed by atoms with Crippen molar-refractivity contribution in [2.75, 3.05) is 0 Å². The maximum atomic E-state index is 13.9. The van der Waals surface area contributed by atoms with E-state index in [-0.39, 0.29) is 15.2 Å². The summed E-state index contributed by atoms with van der Waals surface area (Å²) in [5.41, 5.74) is 2.64. The number of rotatable bonds is 1. The number of hydrogen-bond acceptors (Lipinski definition) is 2. The fourth-order valence-electron chi connectivity index (χ4n) is 3.73. The molecule has 0 spiro atoms. The van der Waals surface area contributed by atoms with Gasteiger partial charge < -0.3 is 4.57 Å². The highest BCUT2D eigenvalue weighted by atomic mass is 35.5. The molecule has 1 aromatic heterocycles. The summed E-state index contributed by atoms with van der Waals surface area (Å²) in [5, 5.41) is 1.48. The molecule has 0 bridgehead atoms. The Hall–Kier alpha value is -1.26. The normalized spacial score (nSPS) is 22.9. The summed E-state index contributed by atoms with van der Waals surface area (Å²) in [7, 11) is 0. The van der Waals surface area contributed by atoms with E-state index in [1.165, 1.54) is 11.8 Å². The summed E-state index contributed by atoms with van der Waals surface area (Å²) >= 11 is 7.78. The van der Waals surface area contributed by atoms with E-state index in [4.69, 9.17) is 11.6 Å². The lowest BCUT2D eigenvalue weighted by Gasteiger charge is -2.28. The minimum atomic E-state index is -0.537. The quantitative estimate of drug-likeness (QED) is 0.701. The average Bonchev–Trinajstić information content (AvgIpc) is 2.82. The molecule has 1 atom stereocenters. The molecule has 0 N–H and O–H groups in total. The molecule has 0 fully saturated rings. The van der Waals surface area contributed by atoms with Crippen LogP contribution in [0.15, 0.2) is 28.0 Å². The summed E-state index contributed by atoms with van der Waals surface area (Å²) in [6, 6.07) is 2.88. The third-order valence-corrected chi connectivity index (χ3v) is 6.69. The maximum Gasteiger partial charge on any atom is 0.193 e. The third kappa shape index (κ3) is 2.04. The molecule has 2 aliphatic rings. The molecule has 5 heteroatoms. The van der Waals surface area contributed by atoms with Crippen LogP contribution in [0.25, 0.3) is 16.6 Å². The van der Waals surface area contributed by atoms with Gasteiger partial charge in [-0.05, 0) is 44.7 Å². The number of nitrogens with zero attached hydrogens (tertiary/aromatic N) is 1. The van der Waals surface area contributed by atoms with Crippen LogP contribution in [0.4, 0.5) is 4.39 Å². The van der Waals surface area contributed by atoms with Crippen molar-refractivity contribution in [3.05, 3.63) is 44.8 Å². The highest BCUT2D eigenvalue weighted by molar-refractivity contribution is 8.01. The number of hydrogen-bond donors (Lipinski definition) is 0. The third-order valence-electron chi connectivity index (χ3n) is 4.91. The summed E-state index contributed by atoms with van der Waals surface area (Å²) < 4.78 is 16.1. The second-order valence-electron chi connectivity index (χ2n) is 6.40. The molecule has 0 saturated carbocycles. The zero-order valence-corrected chi connectivity index (χ0v) is 14.7. The Morgan fingerprint density at radius 1 is 1.43 bits per heavy atom. The minimum absolute atomic E-state index is 0.0171. The zero-order chi connectivity index (χ0) is 16.4. The molecule has 4 rings (SSSR count). The second kappa shape index (κ2) is 5.12. The van der Waals surface area contributed by atoms with Crippen LogP contribution in [0, 0.1) is 5.82 Å². The van der Waals surface area contributed by atoms with E-state index < -0.39 is 5.82 Å². The molecule has 0 saturated heterocycles. The van der Waals surface area contributed by atoms with Gasteiger partial charge in [0.05, 0.1) is 20.3 Å². The van der Waals surface area contributed by atoms with Gasteiger partial charge in [-0.3, -0.25) is 4.79 Å². The van der Waals surface area contributed by atoms with Crippen molar-refractivity contribution in [2.24, 2.45) is 0 Å². The smallest absolute Gasteiger partial charge is 0.193 e. The molecule has 2 heterocycles. The number of fused-ring (bicyclic) bond motifs is 5. The number of benzene rings is 1. The van der Waals surface area contributed by atoms with Gasteiger partial charge in [0.25, 0.3) is 0 Å². The van der Waals surface area contributed by atoms with Crippen molar-refractivity contribution in [3.8, 4) is 0 Å². The molecule has 120 valence electrons. The van der Waals surface area contributed by atoms with Crippen LogP contribution >= 0.6 is 23.4 Å². The zero-order valence-electron chi connectivity index (χ0n) is 13.1. The minimum Gasteiger partial charge on any atom is -0.306 e. The lowest BCUT2D eigenvalue weighted by molar-refractivity contribution is 0.626. The first-order valence-corrected chi connectivity index (χ1v) is 9.12. The van der Waals surface area contributed by atoms with Crippen LogP contribution in [-0.2, 0) is 6.42 Å². The highest BCUT2D eigenvalue weighted by Gasteiger charge is 2.42. The average molecular weight is 350 g/mol. The lowest BCUT2D eigenvalue weighted by Crippen LogP contribution is -2.23. The van der Waals surface area contributed by atoms with Crippen molar-refractivity contribution < 1.29 is 4.39 Å². The van der Waals surface area contributed by atoms with Gasteiger partial charge in [-0.2, -0.15) is 0 Å². The molecule has 2 aromatic rings. The fraction of sp³-hybridized carbons (Fsp3) is 0.389. The van der Waals surface area contributed by atoms with E-state index in [2.05, 4.69) is 17.6 Å². The SMILES string of the molecule is CCc1c2n(c3cc(Cl)c(F)cc3c1=O)C1=CCCCC1(C)S2. The Balaban J connectivity index is 2.18. The number of pyridine rings is 1. The molecule has 1 aliphatic carbocycles. The lowest BCUT2D eigenvalue weighted by atomic mass is 9.92. The standard InChI is InChI=1S/C18H17ClFNOS/c1-3-10-16(22)11-8-13(20)12(19)9-14(11)21-15-6-4-5-7-18(15,2)23-17(10)21/h6,8-9H,3-5,7H2,1-2H3. The molecule has 1 aliphatic heterocycles. The first kappa shape index (κ1) is 15.3. The first-order valence-electron chi connectivity index (χ1n) is 7.93. The molecular formula is C18H17ClFNOS. The van der Waals surface area contributed by atoms with Crippen LogP contribution in [0.3, 0.4) is 0 Å². The predicted molar refractivity (Wildman–Crippen MR) is 94.9 cm³/mol. The van der Waals surface area contributed by atoms with E-state index in [1.54, 1.807) is 17.8 Å². The van der Waals surface area contributed by atoms with Crippen molar-refractivity contribution in [1.82, 2.24) is 4.57 Å². The summed E-state index contributed by atoms with van der Waals surface area (Å²) in [4.78, 5) is 12.8. The van der Waals surface area contributed by atoms with Crippen LogP contribution in [0.5, 0.6) is 0 Å². The summed E-state index contributed by atoms with van der Waals surface area (Å²) in [6.45, 7) is 4.21. The van der Waals surface area contributed by atoms with Gasteiger partial charge in [0.15, 0.2) is 5.43 Å². The number of aromatic nitrogens is 1. The van der Waals surface area contributed by atoms with Gasteiger partial charge in [0, 0.05) is 16.6 Å². The highest BCUT2D eigenvalue weighted by Crippen LogP contribution is 2.54. The topological polar surface area (TPSA) is 22.0 Å².